The molecule has 1 rings (SSSR count). The molecule has 1 aliphatic rings. The van der Waals surface area contributed by atoms with Crippen molar-refractivity contribution in [2.75, 3.05) is 19.8 Å². The van der Waals surface area contributed by atoms with E-state index in [0.717, 1.165) is 13.8 Å². The number of Topliss-reactive ketones (excluding diaryl/α,β-unsaturated/α-hetero) is 4. The van der Waals surface area contributed by atoms with Gasteiger partial charge in [-0.2, -0.15) is 0 Å². The summed E-state index contributed by atoms with van der Waals surface area (Å²) in [5.41, 5.74) is -10.4. The fraction of sp³-hybridized carbons (Fsp3) is 0.750. The van der Waals surface area contributed by atoms with Gasteiger partial charge in [-0.1, -0.05) is 0 Å². The summed E-state index contributed by atoms with van der Waals surface area (Å²) in [6.45, 7) is 3.65. The van der Waals surface area contributed by atoms with Crippen molar-refractivity contribution >= 4 is 34.9 Å². The zero-order valence-electron chi connectivity index (χ0n) is 22.5. The standard InChI is InChI=1S/C24H37NO14/c1-6-37-21(20(33)25-17(31)8-7-10-26)38-11-9-16-22(34,13(3)28)24(36,15(5)30)23(35,14(4)29)19(39-16)18(32)12(2)27/h12,16,19,21,26-27,34-36H,6-11H2,1-5H3,(H,25,31,33)/t12?,16-,19+,21?,22-,23-,24+/m0/s1. The molecule has 0 spiro atoms. The van der Waals surface area contributed by atoms with Gasteiger partial charge in [0.25, 0.3) is 5.91 Å². The van der Waals surface area contributed by atoms with Crippen LogP contribution in [0.25, 0.3) is 0 Å². The Balaban J connectivity index is 3.41. The van der Waals surface area contributed by atoms with Crippen LogP contribution >= 0.6 is 0 Å². The quantitative estimate of drug-likeness (QED) is 0.108. The molecule has 222 valence electrons. The molecular formula is C24H37NO14. The number of ether oxygens (including phenoxy) is 3. The second-order valence-electron chi connectivity index (χ2n) is 9.18. The molecule has 0 aromatic heterocycles. The van der Waals surface area contributed by atoms with Gasteiger partial charge in [0.2, 0.25) is 12.2 Å². The molecule has 15 heteroatoms. The smallest absolute Gasteiger partial charge is 0.283 e. The van der Waals surface area contributed by atoms with Gasteiger partial charge in [0, 0.05) is 26.1 Å². The van der Waals surface area contributed by atoms with Gasteiger partial charge >= 0.3 is 0 Å². The Hall–Kier alpha value is -2.50. The van der Waals surface area contributed by atoms with E-state index in [2.05, 4.69) is 0 Å². The molecular weight excluding hydrogens is 526 g/mol. The van der Waals surface area contributed by atoms with Crippen LogP contribution in [0.4, 0.5) is 0 Å². The largest absolute Gasteiger partial charge is 0.396 e. The van der Waals surface area contributed by atoms with Crippen LogP contribution in [0, 0.1) is 0 Å². The van der Waals surface area contributed by atoms with E-state index in [1.165, 1.54) is 6.92 Å². The maximum absolute atomic E-state index is 12.8. The van der Waals surface area contributed by atoms with Gasteiger partial charge in [-0.05, 0) is 41.0 Å². The number of rotatable bonds is 15. The number of hydrogen-bond donors (Lipinski definition) is 6. The van der Waals surface area contributed by atoms with Crippen molar-refractivity contribution in [3.63, 3.8) is 0 Å². The number of hydrogen-bond acceptors (Lipinski definition) is 14. The number of aliphatic hydroxyl groups excluding tert-OH is 2. The highest BCUT2D eigenvalue weighted by molar-refractivity contribution is 6.08. The third-order valence-corrected chi connectivity index (χ3v) is 6.51. The van der Waals surface area contributed by atoms with E-state index < -0.39 is 89.4 Å². The van der Waals surface area contributed by atoms with Crippen LogP contribution in [-0.2, 0) is 43.0 Å². The number of imide groups is 1. The third kappa shape index (κ3) is 6.47. The molecule has 6 N–H and O–H groups in total. The average Bonchev–Trinajstić information content (AvgIpc) is 2.85. The van der Waals surface area contributed by atoms with Crippen molar-refractivity contribution < 1.29 is 68.5 Å². The van der Waals surface area contributed by atoms with Gasteiger partial charge in [0.1, 0.15) is 12.2 Å². The molecule has 2 unspecified atom stereocenters. The summed E-state index contributed by atoms with van der Waals surface area (Å²) in [6, 6.07) is 0. The van der Waals surface area contributed by atoms with Gasteiger partial charge in [-0.3, -0.25) is 34.1 Å². The van der Waals surface area contributed by atoms with Crippen LogP contribution in [0.2, 0.25) is 0 Å². The molecule has 0 saturated carbocycles. The van der Waals surface area contributed by atoms with Gasteiger partial charge in [0.15, 0.2) is 46.0 Å². The lowest BCUT2D eigenvalue weighted by Crippen LogP contribution is -2.86. The van der Waals surface area contributed by atoms with Crippen molar-refractivity contribution in [2.45, 2.75) is 95.3 Å². The molecule has 39 heavy (non-hydrogen) atoms. The van der Waals surface area contributed by atoms with E-state index >= 15 is 0 Å². The third-order valence-electron chi connectivity index (χ3n) is 6.51. The van der Waals surface area contributed by atoms with Crippen molar-refractivity contribution in [3.8, 4) is 0 Å². The van der Waals surface area contributed by atoms with E-state index in [9.17, 15) is 49.2 Å². The van der Waals surface area contributed by atoms with E-state index in [4.69, 9.17) is 19.3 Å². The molecule has 1 aliphatic heterocycles. The SMILES string of the molecule is CCOC(OCC[C@@H]1O[C@H](C(=O)C(C)O)[C@@](O)(C(C)=O)[C@@](O)(C(C)=O)[C@]1(O)C(C)=O)C(=O)NC(=O)CCCO. The normalized spacial score (nSPS) is 30.2. The van der Waals surface area contributed by atoms with Crippen molar-refractivity contribution in [1.82, 2.24) is 5.32 Å². The highest BCUT2D eigenvalue weighted by atomic mass is 16.7. The molecule has 0 aromatic rings. The molecule has 2 amide bonds. The first-order chi connectivity index (χ1) is 18.0. The van der Waals surface area contributed by atoms with E-state index in [-0.39, 0.29) is 26.1 Å². The van der Waals surface area contributed by atoms with Crippen molar-refractivity contribution in [1.29, 1.82) is 0 Å². The van der Waals surface area contributed by atoms with Crippen molar-refractivity contribution in [2.24, 2.45) is 0 Å². The highest BCUT2D eigenvalue weighted by Gasteiger charge is 2.78. The van der Waals surface area contributed by atoms with Crippen LogP contribution in [0.1, 0.15) is 53.9 Å². The van der Waals surface area contributed by atoms with Crippen LogP contribution in [-0.4, -0.2) is 122 Å². The first-order valence-corrected chi connectivity index (χ1v) is 12.2. The lowest BCUT2D eigenvalue weighted by Gasteiger charge is -2.57. The summed E-state index contributed by atoms with van der Waals surface area (Å²) in [7, 11) is 0. The monoisotopic (exact) mass is 563 g/mol. The summed E-state index contributed by atoms with van der Waals surface area (Å²) in [6.07, 6.45) is -8.64. The zero-order valence-corrected chi connectivity index (χ0v) is 22.5. The van der Waals surface area contributed by atoms with E-state index in [1.54, 1.807) is 0 Å². The molecule has 1 heterocycles. The summed E-state index contributed by atoms with van der Waals surface area (Å²) >= 11 is 0. The maximum Gasteiger partial charge on any atom is 0.283 e. The number of nitrogens with one attached hydrogen (secondary N) is 1. The van der Waals surface area contributed by atoms with Gasteiger partial charge in [0.05, 0.1) is 6.61 Å². The van der Waals surface area contributed by atoms with Crippen LogP contribution in [0.15, 0.2) is 0 Å². The van der Waals surface area contributed by atoms with Crippen molar-refractivity contribution in [3.05, 3.63) is 0 Å². The summed E-state index contributed by atoms with van der Waals surface area (Å²) in [4.78, 5) is 74.9. The number of carbonyl (C=O) groups excluding carboxylic acids is 6. The van der Waals surface area contributed by atoms with E-state index in [1.807, 2.05) is 5.32 Å². The average molecular weight is 564 g/mol. The fourth-order valence-corrected chi connectivity index (χ4v) is 4.43. The Morgan fingerprint density at radius 2 is 1.51 bits per heavy atom. The molecule has 0 aromatic carbocycles. The van der Waals surface area contributed by atoms with Gasteiger partial charge in [-0.15, -0.1) is 0 Å². The number of amides is 2. The lowest BCUT2D eigenvalue weighted by molar-refractivity contribution is -0.315. The van der Waals surface area contributed by atoms with E-state index in [0.29, 0.717) is 13.8 Å². The van der Waals surface area contributed by atoms with Crippen LogP contribution in [0.5, 0.6) is 0 Å². The highest BCUT2D eigenvalue weighted by Crippen LogP contribution is 2.47. The predicted octanol–water partition coefficient (Wildman–Crippen LogP) is -3.15. The molecule has 0 aliphatic carbocycles. The minimum Gasteiger partial charge on any atom is -0.396 e. The number of aliphatic hydroxyl groups is 5. The maximum atomic E-state index is 12.8. The Morgan fingerprint density at radius 1 is 0.949 bits per heavy atom. The first kappa shape index (κ1) is 34.5. The Morgan fingerprint density at radius 3 is 1.95 bits per heavy atom. The predicted molar refractivity (Wildman–Crippen MR) is 128 cm³/mol. The minimum absolute atomic E-state index is 0.0546. The van der Waals surface area contributed by atoms with Gasteiger partial charge < -0.3 is 39.7 Å². The summed E-state index contributed by atoms with van der Waals surface area (Å²) in [5, 5.41) is 54.8. The molecule has 7 atom stereocenters. The van der Waals surface area contributed by atoms with Crippen LogP contribution in [0.3, 0.4) is 0 Å². The Labute approximate surface area is 224 Å². The first-order valence-electron chi connectivity index (χ1n) is 12.2. The number of ketones is 4. The molecule has 0 radical (unpaired) electrons. The second-order valence-corrected chi connectivity index (χ2v) is 9.18. The molecule has 0 bridgehead atoms. The van der Waals surface area contributed by atoms with Gasteiger partial charge in [-0.25, -0.2) is 0 Å². The van der Waals surface area contributed by atoms with Crippen LogP contribution < -0.4 is 5.32 Å². The molecule has 1 fully saturated rings. The Kier molecular flexibility index (Phi) is 12.1. The second kappa shape index (κ2) is 13.7. The lowest BCUT2D eigenvalue weighted by atomic mass is 9.58. The number of carbonyl (C=O) groups is 6. The summed E-state index contributed by atoms with van der Waals surface area (Å²) < 4.78 is 15.9. The summed E-state index contributed by atoms with van der Waals surface area (Å²) in [5.74, 6) is -7.26. The minimum atomic E-state index is -3.61. The Bertz CT molecular complexity index is 966. The molecule has 15 nitrogen and oxygen atoms in total. The fourth-order valence-electron chi connectivity index (χ4n) is 4.43. The topological polar surface area (TPSA) is 243 Å². The zero-order chi connectivity index (χ0) is 30.3. The molecule has 1 saturated heterocycles.